The van der Waals surface area contributed by atoms with Gasteiger partial charge in [0.1, 0.15) is 0 Å². The first kappa shape index (κ1) is 15.1. The standard InChI is InChI=1S/C19H29I/c1-4-18(3)10-5-11-19(13-20)16-8-6-14(2)12-15(16)7-9-17(18)19/h7,12,16-17H,4-6,8-11,13H2,1-3H3. The topological polar surface area (TPSA) is 0 Å². The lowest BCUT2D eigenvalue weighted by Gasteiger charge is -2.59. The molecule has 0 bridgehead atoms. The van der Waals surface area contributed by atoms with Crippen LogP contribution in [0.1, 0.15) is 65.7 Å². The fourth-order valence-corrected chi connectivity index (χ4v) is 6.99. The predicted molar refractivity (Wildman–Crippen MR) is 96.2 cm³/mol. The monoisotopic (exact) mass is 384 g/mol. The van der Waals surface area contributed by atoms with Gasteiger partial charge in [0.05, 0.1) is 0 Å². The largest absolute Gasteiger partial charge is 0.0857 e. The zero-order valence-electron chi connectivity index (χ0n) is 13.3. The zero-order valence-corrected chi connectivity index (χ0v) is 15.5. The van der Waals surface area contributed by atoms with Gasteiger partial charge in [-0.2, -0.15) is 0 Å². The third-order valence-electron chi connectivity index (χ3n) is 6.91. The summed E-state index contributed by atoms with van der Waals surface area (Å²) in [6, 6.07) is 0. The number of hydrogen-bond acceptors (Lipinski definition) is 0. The molecule has 0 aromatic heterocycles. The maximum Gasteiger partial charge on any atom is 0.00608 e. The Morgan fingerprint density at radius 2 is 2.15 bits per heavy atom. The minimum atomic E-state index is 0.585. The quantitative estimate of drug-likeness (QED) is 0.387. The molecule has 20 heavy (non-hydrogen) atoms. The van der Waals surface area contributed by atoms with Gasteiger partial charge in [-0.3, -0.25) is 0 Å². The Bertz CT molecular complexity index is 447. The second kappa shape index (κ2) is 5.44. The summed E-state index contributed by atoms with van der Waals surface area (Å²) >= 11 is 2.71. The van der Waals surface area contributed by atoms with Crippen molar-refractivity contribution >= 4 is 22.6 Å². The van der Waals surface area contributed by atoms with Crippen molar-refractivity contribution in [3.63, 3.8) is 0 Å². The molecule has 0 aromatic carbocycles. The molecule has 0 heterocycles. The van der Waals surface area contributed by atoms with Crippen molar-refractivity contribution in [1.29, 1.82) is 0 Å². The molecule has 1 saturated carbocycles. The summed E-state index contributed by atoms with van der Waals surface area (Å²) in [6.07, 6.45) is 15.0. The van der Waals surface area contributed by atoms with Crippen molar-refractivity contribution in [2.75, 3.05) is 4.43 Å². The third-order valence-corrected chi connectivity index (χ3v) is 8.33. The van der Waals surface area contributed by atoms with E-state index in [-0.39, 0.29) is 0 Å². The maximum absolute atomic E-state index is 2.71. The lowest BCUT2D eigenvalue weighted by molar-refractivity contribution is -0.0449. The van der Waals surface area contributed by atoms with Gasteiger partial charge in [-0.25, -0.2) is 0 Å². The Morgan fingerprint density at radius 3 is 2.85 bits per heavy atom. The second-order valence-corrected chi connectivity index (χ2v) is 8.57. The summed E-state index contributed by atoms with van der Waals surface area (Å²) in [5.74, 6) is 1.78. The van der Waals surface area contributed by atoms with Crippen LogP contribution in [0, 0.1) is 22.7 Å². The summed E-state index contributed by atoms with van der Waals surface area (Å²) in [5.41, 5.74) is 4.48. The number of rotatable bonds is 2. The second-order valence-electron chi connectivity index (χ2n) is 7.80. The van der Waals surface area contributed by atoms with E-state index in [0.717, 1.165) is 11.8 Å². The van der Waals surface area contributed by atoms with E-state index in [1.54, 1.807) is 11.1 Å². The Hall–Kier alpha value is 0.210. The average Bonchev–Trinajstić information content (AvgIpc) is 2.46. The highest BCUT2D eigenvalue weighted by Crippen LogP contribution is 2.63. The molecule has 4 atom stereocenters. The number of allylic oxidation sites excluding steroid dienone is 4. The Kier molecular flexibility index (Phi) is 4.11. The van der Waals surface area contributed by atoms with Crippen molar-refractivity contribution in [1.82, 2.24) is 0 Å². The molecule has 1 heteroatoms. The van der Waals surface area contributed by atoms with Crippen LogP contribution in [0.4, 0.5) is 0 Å². The van der Waals surface area contributed by atoms with Crippen LogP contribution in [0.2, 0.25) is 0 Å². The molecule has 0 radical (unpaired) electrons. The molecule has 0 spiro atoms. The summed E-state index contributed by atoms with van der Waals surface area (Å²) in [4.78, 5) is 0. The molecular formula is C19H29I. The molecule has 0 N–H and O–H groups in total. The zero-order chi connectivity index (χ0) is 14.4. The summed E-state index contributed by atoms with van der Waals surface area (Å²) in [5, 5.41) is 0. The Labute approximate surface area is 138 Å². The molecular weight excluding hydrogens is 355 g/mol. The lowest BCUT2D eigenvalue weighted by Crippen LogP contribution is -2.52. The molecule has 0 aromatic rings. The smallest absolute Gasteiger partial charge is 0.00608 e. The first-order valence-corrected chi connectivity index (χ1v) is 10.0. The van der Waals surface area contributed by atoms with Crippen LogP contribution in [0.25, 0.3) is 0 Å². The molecule has 0 amide bonds. The van der Waals surface area contributed by atoms with Crippen LogP contribution < -0.4 is 0 Å². The molecule has 3 aliphatic rings. The Balaban J connectivity index is 2.04. The van der Waals surface area contributed by atoms with Gasteiger partial charge in [-0.05, 0) is 67.3 Å². The van der Waals surface area contributed by atoms with Crippen LogP contribution >= 0.6 is 22.6 Å². The van der Waals surface area contributed by atoms with E-state index in [0.29, 0.717) is 10.8 Å². The van der Waals surface area contributed by atoms with Gasteiger partial charge >= 0.3 is 0 Å². The fourth-order valence-electron chi connectivity index (χ4n) is 5.55. The number of alkyl halides is 1. The SMILES string of the molecule is CCC1(C)CCCC2(CI)C3CCC(C)=CC3=CCC12. The Morgan fingerprint density at radius 1 is 1.35 bits per heavy atom. The van der Waals surface area contributed by atoms with Gasteiger partial charge in [-0.15, -0.1) is 0 Å². The number of halogens is 1. The van der Waals surface area contributed by atoms with Gasteiger partial charge in [0.15, 0.2) is 0 Å². The molecule has 3 aliphatic carbocycles. The van der Waals surface area contributed by atoms with Gasteiger partial charge < -0.3 is 0 Å². The van der Waals surface area contributed by atoms with Crippen LogP contribution in [0.3, 0.4) is 0 Å². The summed E-state index contributed by atoms with van der Waals surface area (Å²) < 4.78 is 1.36. The van der Waals surface area contributed by atoms with Crippen molar-refractivity contribution in [3.05, 3.63) is 23.3 Å². The first-order chi connectivity index (χ1) is 9.55. The minimum Gasteiger partial charge on any atom is -0.0857 e. The fraction of sp³-hybridized carbons (Fsp3) is 0.789. The van der Waals surface area contributed by atoms with Crippen molar-refractivity contribution in [2.24, 2.45) is 22.7 Å². The highest BCUT2D eigenvalue weighted by Gasteiger charge is 2.55. The van der Waals surface area contributed by atoms with Crippen molar-refractivity contribution < 1.29 is 0 Å². The molecule has 0 nitrogen and oxygen atoms in total. The molecule has 3 rings (SSSR count). The van der Waals surface area contributed by atoms with Crippen LogP contribution in [-0.4, -0.2) is 4.43 Å². The molecule has 0 aliphatic heterocycles. The van der Waals surface area contributed by atoms with Crippen LogP contribution in [0.5, 0.6) is 0 Å². The molecule has 112 valence electrons. The first-order valence-electron chi connectivity index (χ1n) is 8.49. The molecule has 0 saturated heterocycles. The van der Waals surface area contributed by atoms with E-state index < -0.39 is 0 Å². The van der Waals surface area contributed by atoms with Gasteiger partial charge in [-0.1, -0.05) is 67.0 Å². The van der Waals surface area contributed by atoms with Crippen LogP contribution in [-0.2, 0) is 0 Å². The molecule has 4 unspecified atom stereocenters. The summed E-state index contributed by atoms with van der Waals surface area (Å²) in [7, 11) is 0. The number of hydrogen-bond donors (Lipinski definition) is 0. The van der Waals surface area contributed by atoms with Gasteiger partial charge in [0.2, 0.25) is 0 Å². The average molecular weight is 384 g/mol. The lowest BCUT2D eigenvalue weighted by atomic mass is 9.46. The van der Waals surface area contributed by atoms with E-state index in [1.165, 1.54) is 49.4 Å². The number of fused-ring (bicyclic) bond motifs is 3. The van der Waals surface area contributed by atoms with Gasteiger partial charge in [0.25, 0.3) is 0 Å². The van der Waals surface area contributed by atoms with Crippen molar-refractivity contribution in [3.8, 4) is 0 Å². The highest BCUT2D eigenvalue weighted by molar-refractivity contribution is 14.1. The minimum absolute atomic E-state index is 0.585. The maximum atomic E-state index is 2.71. The predicted octanol–water partition coefficient (Wildman–Crippen LogP) is 6.31. The normalized spacial score (nSPS) is 44.2. The van der Waals surface area contributed by atoms with Crippen molar-refractivity contribution in [2.45, 2.75) is 65.7 Å². The van der Waals surface area contributed by atoms with E-state index in [4.69, 9.17) is 0 Å². The van der Waals surface area contributed by atoms with E-state index in [2.05, 4.69) is 55.5 Å². The third kappa shape index (κ3) is 2.14. The van der Waals surface area contributed by atoms with Gasteiger partial charge in [0, 0.05) is 4.43 Å². The van der Waals surface area contributed by atoms with E-state index >= 15 is 0 Å². The molecule has 1 fully saturated rings. The van der Waals surface area contributed by atoms with E-state index in [9.17, 15) is 0 Å². The summed E-state index contributed by atoms with van der Waals surface area (Å²) in [6.45, 7) is 7.32. The highest BCUT2D eigenvalue weighted by atomic mass is 127. The van der Waals surface area contributed by atoms with E-state index in [1.807, 2.05) is 0 Å². The van der Waals surface area contributed by atoms with Crippen LogP contribution in [0.15, 0.2) is 23.3 Å².